The maximum atomic E-state index is 12.7. The van der Waals surface area contributed by atoms with Gasteiger partial charge in [-0.3, -0.25) is 10.1 Å². The average Bonchev–Trinajstić information content (AvgIpc) is 2.74. The number of benzene rings is 2. The number of ether oxygens (including phenoxy) is 2. The zero-order valence-electron chi connectivity index (χ0n) is 17.4. The summed E-state index contributed by atoms with van der Waals surface area (Å²) in [5.41, 5.74) is 0.568. The minimum absolute atomic E-state index is 0.0350. The Bertz CT molecular complexity index is 1020. The Morgan fingerprint density at radius 2 is 1.91 bits per heavy atom. The minimum Gasteiger partial charge on any atom is -0.506 e. The van der Waals surface area contributed by atoms with Gasteiger partial charge in [-0.25, -0.2) is 4.79 Å². The van der Waals surface area contributed by atoms with E-state index in [1.165, 1.54) is 0 Å². The van der Waals surface area contributed by atoms with Gasteiger partial charge in [0.05, 0.1) is 28.5 Å². The molecule has 0 spiro atoms. The van der Waals surface area contributed by atoms with Crippen molar-refractivity contribution in [1.82, 2.24) is 0 Å². The second-order valence-corrected chi connectivity index (χ2v) is 9.63. The van der Waals surface area contributed by atoms with Crippen molar-refractivity contribution in [3.8, 4) is 11.8 Å². The van der Waals surface area contributed by atoms with E-state index in [0.717, 1.165) is 0 Å². The summed E-state index contributed by atoms with van der Waals surface area (Å²) >= 11 is 10.6. The molecule has 0 saturated carbocycles. The molecule has 7 nitrogen and oxygen atoms in total. The first-order valence-electron chi connectivity index (χ1n) is 9.49. The van der Waals surface area contributed by atoms with Crippen LogP contribution in [0.15, 0.2) is 45.3 Å². The fourth-order valence-corrected chi connectivity index (χ4v) is 4.27. The van der Waals surface area contributed by atoms with Crippen LogP contribution in [-0.4, -0.2) is 29.5 Å². The van der Waals surface area contributed by atoms with E-state index in [2.05, 4.69) is 49.8 Å². The van der Waals surface area contributed by atoms with Crippen LogP contribution in [0.2, 0.25) is 0 Å². The number of thiol groups is 1. The smallest absolute Gasteiger partial charge is 0.412 e. The number of nitrogens with one attached hydrogen (secondary N) is 1. The van der Waals surface area contributed by atoms with Gasteiger partial charge in [0.25, 0.3) is 0 Å². The number of rotatable bonds is 8. The predicted octanol–water partition coefficient (Wildman–Crippen LogP) is 5.97. The Hall–Kier alpha value is -2.22. The van der Waals surface area contributed by atoms with Gasteiger partial charge in [0.15, 0.2) is 0 Å². The van der Waals surface area contributed by atoms with E-state index in [1.54, 1.807) is 36.4 Å². The van der Waals surface area contributed by atoms with Crippen LogP contribution >= 0.6 is 44.5 Å². The van der Waals surface area contributed by atoms with E-state index in [-0.39, 0.29) is 18.1 Å². The van der Waals surface area contributed by atoms with Crippen LogP contribution in [0.25, 0.3) is 0 Å². The number of carbonyl (C=O) groups excluding carboxylic acids is 2. The molecule has 0 heterocycles. The summed E-state index contributed by atoms with van der Waals surface area (Å²) in [7, 11) is 0. The van der Waals surface area contributed by atoms with Crippen molar-refractivity contribution in [2.45, 2.75) is 26.4 Å². The lowest BCUT2D eigenvalue weighted by Gasteiger charge is -2.34. The maximum Gasteiger partial charge on any atom is 0.412 e. The molecule has 0 aliphatic rings. The summed E-state index contributed by atoms with van der Waals surface area (Å²) in [5.74, 6) is -0.551. The molecule has 0 aliphatic heterocycles. The lowest BCUT2D eigenvalue weighted by molar-refractivity contribution is -0.141. The maximum absolute atomic E-state index is 12.7. The molecule has 0 unspecified atom stereocenters. The third-order valence-electron chi connectivity index (χ3n) is 4.67. The molecular weight excluding hydrogens is 564 g/mol. The van der Waals surface area contributed by atoms with Gasteiger partial charge in [-0.15, -0.1) is 0 Å². The molecule has 10 heteroatoms. The third kappa shape index (κ3) is 7.15. The highest BCUT2D eigenvalue weighted by Gasteiger charge is 2.37. The zero-order valence-corrected chi connectivity index (χ0v) is 21.5. The largest absolute Gasteiger partial charge is 0.506 e. The van der Waals surface area contributed by atoms with Gasteiger partial charge in [-0.1, -0.05) is 29.8 Å². The van der Waals surface area contributed by atoms with Crippen molar-refractivity contribution in [2.24, 2.45) is 5.41 Å². The molecule has 0 radical (unpaired) electrons. The summed E-state index contributed by atoms with van der Waals surface area (Å²) in [4.78, 5) is 24.1. The molecule has 0 aliphatic carbocycles. The van der Waals surface area contributed by atoms with Gasteiger partial charge >= 0.3 is 12.1 Å². The van der Waals surface area contributed by atoms with Gasteiger partial charge in [0.2, 0.25) is 0 Å². The fraction of sp³-hybridized carbons (Fsp3) is 0.318. The number of aromatic hydroxyl groups is 1. The highest BCUT2D eigenvalue weighted by molar-refractivity contribution is 9.11. The van der Waals surface area contributed by atoms with Gasteiger partial charge in [-0.2, -0.15) is 17.9 Å². The Morgan fingerprint density at radius 1 is 1.25 bits per heavy atom. The molecule has 1 atom stereocenters. The molecule has 2 rings (SSSR count). The third-order valence-corrected chi connectivity index (χ3v) is 5.99. The van der Waals surface area contributed by atoms with Gasteiger partial charge in [-0.05, 0) is 58.7 Å². The minimum atomic E-state index is -0.885. The number of carbonyl (C=O) groups is 2. The summed E-state index contributed by atoms with van der Waals surface area (Å²) in [5, 5.41) is 22.2. The number of hydrogen-bond donors (Lipinski definition) is 3. The summed E-state index contributed by atoms with van der Waals surface area (Å²) < 4.78 is 12.0. The Morgan fingerprint density at radius 3 is 2.50 bits per heavy atom. The van der Waals surface area contributed by atoms with Crippen LogP contribution in [0.4, 0.5) is 10.5 Å². The molecule has 170 valence electrons. The molecular formula is C22H22Br2N2O5S. The lowest BCUT2D eigenvalue weighted by Crippen LogP contribution is -2.30. The van der Waals surface area contributed by atoms with Crippen LogP contribution in [0.3, 0.4) is 0 Å². The Labute approximate surface area is 208 Å². The molecule has 0 fully saturated rings. The van der Waals surface area contributed by atoms with Gasteiger partial charge < -0.3 is 14.6 Å². The topological polar surface area (TPSA) is 109 Å². The van der Waals surface area contributed by atoms with Crippen LogP contribution in [0, 0.1) is 16.7 Å². The number of nitrogens with zero attached hydrogens (tertiary/aromatic N) is 1. The molecule has 1 amide bonds. The molecule has 2 N–H and O–H groups in total. The number of amides is 1. The van der Waals surface area contributed by atoms with Gasteiger partial charge in [0.1, 0.15) is 11.9 Å². The molecule has 32 heavy (non-hydrogen) atoms. The predicted molar refractivity (Wildman–Crippen MR) is 131 cm³/mol. The van der Waals surface area contributed by atoms with Crippen LogP contribution in [-0.2, 0) is 14.3 Å². The van der Waals surface area contributed by atoms with Crippen LogP contribution in [0.1, 0.15) is 37.5 Å². The number of anilines is 1. The van der Waals surface area contributed by atoms with Crippen molar-refractivity contribution in [1.29, 1.82) is 5.26 Å². The lowest BCUT2D eigenvalue weighted by atomic mass is 9.79. The molecule has 0 bridgehead atoms. The number of nitriles is 1. The average molecular weight is 586 g/mol. The SMILES string of the molecule is CC(C)(CCOC(=O)CS)[C@@H](OC(=O)Nc1ccc(C#N)cc1)c1cc(Br)cc(Br)c1O. The first-order valence-corrected chi connectivity index (χ1v) is 11.7. The highest BCUT2D eigenvalue weighted by atomic mass is 79.9. The fourth-order valence-electron chi connectivity index (χ4n) is 2.92. The number of phenols is 1. The van der Waals surface area contributed by atoms with Crippen molar-refractivity contribution >= 4 is 62.2 Å². The summed E-state index contributed by atoms with van der Waals surface area (Å²) in [6.45, 7) is 3.78. The van der Waals surface area contributed by atoms with E-state index in [0.29, 0.717) is 32.2 Å². The standard InChI is InChI=1S/C22H22Br2N2O5S/c1-22(2,7-8-30-18(27)12-32)20(16-9-14(23)10-17(24)19(16)28)31-21(29)26-15-5-3-13(11-25)4-6-15/h3-6,9-10,20,28,32H,7-8,12H2,1-2H3,(H,26,29)/t20-/m0/s1. The van der Waals surface area contributed by atoms with Crippen molar-refractivity contribution in [2.75, 3.05) is 17.7 Å². The summed E-state index contributed by atoms with van der Waals surface area (Å²) in [6.07, 6.45) is -1.27. The van der Waals surface area contributed by atoms with E-state index < -0.39 is 23.6 Å². The summed E-state index contributed by atoms with van der Waals surface area (Å²) in [6, 6.07) is 11.7. The first kappa shape index (κ1) is 26.0. The van der Waals surface area contributed by atoms with E-state index >= 15 is 0 Å². The Balaban J connectivity index is 2.30. The molecule has 0 aromatic heterocycles. The second-order valence-electron chi connectivity index (χ2n) is 7.54. The monoisotopic (exact) mass is 584 g/mol. The number of hydrogen-bond acceptors (Lipinski definition) is 7. The quantitative estimate of drug-likeness (QED) is 0.260. The van der Waals surface area contributed by atoms with Crippen molar-refractivity contribution in [3.05, 3.63) is 56.5 Å². The molecule has 0 saturated heterocycles. The van der Waals surface area contributed by atoms with Crippen molar-refractivity contribution < 1.29 is 24.2 Å². The highest BCUT2D eigenvalue weighted by Crippen LogP contribution is 2.46. The molecule has 2 aromatic rings. The van der Waals surface area contributed by atoms with E-state index in [4.69, 9.17) is 14.7 Å². The second kappa shape index (κ2) is 11.6. The number of halogens is 2. The van der Waals surface area contributed by atoms with Crippen molar-refractivity contribution in [3.63, 3.8) is 0 Å². The Kier molecular flexibility index (Phi) is 9.43. The van der Waals surface area contributed by atoms with E-state index in [1.807, 2.05) is 19.9 Å². The van der Waals surface area contributed by atoms with Gasteiger partial charge in [0, 0.05) is 21.1 Å². The van der Waals surface area contributed by atoms with E-state index in [9.17, 15) is 14.7 Å². The number of phenolic OH excluding ortho intramolecular Hbond substituents is 1. The zero-order chi connectivity index (χ0) is 23.9. The first-order chi connectivity index (χ1) is 15.1. The number of esters is 1. The van der Waals surface area contributed by atoms with Crippen LogP contribution in [0.5, 0.6) is 5.75 Å². The normalized spacial score (nSPS) is 11.9. The molecule has 2 aromatic carbocycles. The van der Waals surface area contributed by atoms with Crippen LogP contribution < -0.4 is 5.32 Å².